The van der Waals surface area contributed by atoms with Gasteiger partial charge in [-0.1, -0.05) is 96.3 Å². The molecule has 0 aliphatic heterocycles. The molecule has 0 atom stereocenters. The fourth-order valence-electron chi connectivity index (χ4n) is 4.10. The first-order chi connectivity index (χ1) is 16.5. The maximum absolute atomic E-state index is 11.9. The highest BCUT2D eigenvalue weighted by molar-refractivity contribution is 6.03. The lowest BCUT2D eigenvalue weighted by Crippen LogP contribution is -2.15. The lowest BCUT2D eigenvalue weighted by atomic mass is 9.90. The molecule has 0 spiro atoms. The summed E-state index contributed by atoms with van der Waals surface area (Å²) in [6.07, 6.45) is 18.3. The van der Waals surface area contributed by atoms with E-state index >= 15 is 0 Å². The molecule has 0 bridgehead atoms. The summed E-state index contributed by atoms with van der Waals surface area (Å²) < 4.78 is 0. The molecule has 0 fully saturated rings. The average Bonchev–Trinajstić information content (AvgIpc) is 2.84. The molecule has 5 heteroatoms. The van der Waals surface area contributed by atoms with Gasteiger partial charge in [0, 0.05) is 12.4 Å². The molecule has 0 saturated heterocycles. The number of carboxylic acids is 2. The van der Waals surface area contributed by atoms with Crippen molar-refractivity contribution >= 4 is 11.9 Å². The Bertz CT molecular complexity index is 741. The van der Waals surface area contributed by atoms with Crippen molar-refractivity contribution in [3.05, 3.63) is 65.0 Å². The van der Waals surface area contributed by atoms with Crippen LogP contribution in [-0.2, 0) is 12.8 Å². The number of aryl methyl sites for hydroxylation is 2. The topological polar surface area (TPSA) is 87.5 Å². The number of aromatic nitrogens is 1. The van der Waals surface area contributed by atoms with E-state index in [2.05, 4.69) is 18.8 Å². The second-order valence-electron chi connectivity index (χ2n) is 8.80. The summed E-state index contributed by atoms with van der Waals surface area (Å²) in [6.45, 7) is 4.36. The zero-order chi connectivity index (χ0) is 25.0. The SMILES string of the molecule is CCCCCCCCc1ccc(CCCCCCCC)c(C(=O)O)c1C(=O)O.c1ccncc1. The van der Waals surface area contributed by atoms with Gasteiger partial charge >= 0.3 is 11.9 Å². The molecular weight excluding hydrogens is 426 g/mol. The molecule has 2 rings (SSSR count). The molecule has 0 aliphatic rings. The summed E-state index contributed by atoms with van der Waals surface area (Å²) in [5.41, 5.74) is 1.33. The van der Waals surface area contributed by atoms with Gasteiger partial charge in [-0.15, -0.1) is 0 Å². The number of aromatic carboxylic acids is 2. The molecule has 0 aliphatic carbocycles. The largest absolute Gasteiger partial charge is 0.478 e. The Labute approximate surface area is 205 Å². The number of carbonyl (C=O) groups is 2. The van der Waals surface area contributed by atoms with Crippen molar-refractivity contribution in [2.75, 3.05) is 0 Å². The van der Waals surface area contributed by atoms with Gasteiger partial charge in [0.2, 0.25) is 0 Å². The van der Waals surface area contributed by atoms with E-state index in [1.54, 1.807) is 12.4 Å². The molecule has 1 heterocycles. The molecule has 188 valence electrons. The van der Waals surface area contributed by atoms with E-state index in [9.17, 15) is 19.8 Å². The molecule has 5 nitrogen and oxygen atoms in total. The van der Waals surface area contributed by atoms with Gasteiger partial charge in [0.25, 0.3) is 0 Å². The van der Waals surface area contributed by atoms with Gasteiger partial charge in [-0.25, -0.2) is 9.59 Å². The zero-order valence-corrected chi connectivity index (χ0v) is 21.1. The number of carboxylic acid groups (broad SMARTS) is 2. The minimum atomic E-state index is -1.12. The smallest absolute Gasteiger partial charge is 0.336 e. The third-order valence-corrected chi connectivity index (χ3v) is 5.97. The number of hydrogen-bond acceptors (Lipinski definition) is 3. The number of rotatable bonds is 16. The van der Waals surface area contributed by atoms with Gasteiger partial charge < -0.3 is 10.2 Å². The Hall–Kier alpha value is -2.69. The monoisotopic (exact) mass is 469 g/mol. The van der Waals surface area contributed by atoms with Crippen LogP contribution in [0.5, 0.6) is 0 Å². The number of unbranched alkanes of at least 4 members (excludes halogenated alkanes) is 10. The van der Waals surface area contributed by atoms with Gasteiger partial charge in [0.1, 0.15) is 0 Å². The summed E-state index contributed by atoms with van der Waals surface area (Å²) in [4.78, 5) is 27.5. The molecule has 2 N–H and O–H groups in total. The van der Waals surface area contributed by atoms with Crippen LogP contribution in [0.1, 0.15) is 123 Å². The van der Waals surface area contributed by atoms with Crippen molar-refractivity contribution in [2.24, 2.45) is 0 Å². The maximum Gasteiger partial charge on any atom is 0.336 e. The Morgan fingerprint density at radius 1 is 0.618 bits per heavy atom. The van der Waals surface area contributed by atoms with E-state index in [4.69, 9.17) is 0 Å². The minimum Gasteiger partial charge on any atom is -0.478 e. The summed E-state index contributed by atoms with van der Waals surface area (Å²) in [6, 6.07) is 9.40. The highest BCUT2D eigenvalue weighted by Gasteiger charge is 2.23. The fourth-order valence-corrected chi connectivity index (χ4v) is 4.10. The van der Waals surface area contributed by atoms with E-state index in [0.717, 1.165) is 38.5 Å². The third kappa shape index (κ3) is 12.0. The second-order valence-corrected chi connectivity index (χ2v) is 8.80. The summed E-state index contributed by atoms with van der Waals surface area (Å²) >= 11 is 0. The Morgan fingerprint density at radius 2 is 1.00 bits per heavy atom. The Morgan fingerprint density at radius 3 is 1.29 bits per heavy atom. The van der Waals surface area contributed by atoms with Crippen LogP contribution in [0.4, 0.5) is 0 Å². The lowest BCUT2D eigenvalue weighted by molar-refractivity contribution is 0.0649. The maximum atomic E-state index is 11.9. The lowest BCUT2D eigenvalue weighted by Gasteiger charge is -2.14. The molecule has 1 aromatic carbocycles. The van der Waals surface area contributed by atoms with E-state index in [1.165, 1.54) is 38.5 Å². The van der Waals surface area contributed by atoms with Crippen LogP contribution in [0.15, 0.2) is 42.7 Å². The highest BCUT2D eigenvalue weighted by atomic mass is 16.4. The van der Waals surface area contributed by atoms with Crippen molar-refractivity contribution in [2.45, 2.75) is 104 Å². The molecule has 0 unspecified atom stereocenters. The molecule has 34 heavy (non-hydrogen) atoms. The average molecular weight is 470 g/mol. The van der Waals surface area contributed by atoms with E-state index in [0.29, 0.717) is 24.0 Å². The normalized spacial score (nSPS) is 10.4. The van der Waals surface area contributed by atoms with E-state index < -0.39 is 11.9 Å². The second kappa shape index (κ2) is 18.7. The van der Waals surface area contributed by atoms with E-state index in [-0.39, 0.29) is 11.1 Å². The first-order valence-corrected chi connectivity index (χ1v) is 13.0. The first-order valence-electron chi connectivity index (χ1n) is 13.0. The summed E-state index contributed by atoms with van der Waals surface area (Å²) in [5.74, 6) is -2.24. The number of pyridine rings is 1. The van der Waals surface area contributed by atoms with Gasteiger partial charge in [-0.05, 0) is 48.9 Å². The third-order valence-electron chi connectivity index (χ3n) is 5.97. The predicted molar refractivity (Wildman–Crippen MR) is 139 cm³/mol. The Balaban J connectivity index is 0.000000830. The minimum absolute atomic E-state index is 0.00420. The van der Waals surface area contributed by atoms with Gasteiger partial charge in [-0.3, -0.25) is 4.98 Å². The van der Waals surface area contributed by atoms with Crippen molar-refractivity contribution in [1.29, 1.82) is 0 Å². The Kier molecular flexibility index (Phi) is 16.1. The van der Waals surface area contributed by atoms with Crippen LogP contribution in [0, 0.1) is 0 Å². The van der Waals surface area contributed by atoms with Crippen molar-refractivity contribution in [3.8, 4) is 0 Å². The van der Waals surface area contributed by atoms with Crippen LogP contribution < -0.4 is 0 Å². The van der Waals surface area contributed by atoms with Crippen LogP contribution in [0.2, 0.25) is 0 Å². The van der Waals surface area contributed by atoms with Crippen molar-refractivity contribution in [3.63, 3.8) is 0 Å². The first kappa shape index (κ1) is 29.3. The van der Waals surface area contributed by atoms with Crippen LogP contribution in [0.3, 0.4) is 0 Å². The van der Waals surface area contributed by atoms with Crippen molar-refractivity contribution in [1.82, 2.24) is 4.98 Å². The van der Waals surface area contributed by atoms with Gasteiger partial charge in [-0.2, -0.15) is 0 Å². The number of benzene rings is 1. The molecule has 0 radical (unpaired) electrons. The highest BCUT2D eigenvalue weighted by Crippen LogP contribution is 2.24. The van der Waals surface area contributed by atoms with E-state index in [1.807, 2.05) is 30.3 Å². The molecular formula is C29H43NO4. The van der Waals surface area contributed by atoms with Gasteiger partial charge in [0.15, 0.2) is 0 Å². The predicted octanol–water partition coefficient (Wildman–Crippen LogP) is 7.97. The fraction of sp³-hybridized carbons (Fsp3) is 0.552. The van der Waals surface area contributed by atoms with Crippen molar-refractivity contribution < 1.29 is 19.8 Å². The zero-order valence-electron chi connectivity index (χ0n) is 21.1. The quantitative estimate of drug-likeness (QED) is 0.243. The number of hydrogen-bond donors (Lipinski definition) is 2. The molecule has 2 aromatic rings. The number of nitrogens with zero attached hydrogens (tertiary/aromatic N) is 1. The summed E-state index contributed by atoms with van der Waals surface area (Å²) in [5, 5.41) is 19.4. The van der Waals surface area contributed by atoms with Gasteiger partial charge in [0.05, 0.1) is 11.1 Å². The standard InChI is InChI=1S/C24H38O4.C5H5N/c1-3-5-7-9-11-13-15-19-17-18-20(16-14-12-10-8-6-4-2)22(24(27)28)21(19)23(25)26;1-2-4-6-5-3-1/h17-18H,3-16H2,1-2H3,(H,25,26)(H,27,28);1-5H. The molecule has 1 aromatic heterocycles. The van der Waals surface area contributed by atoms with Crippen LogP contribution in [-0.4, -0.2) is 27.1 Å². The van der Waals surface area contributed by atoms with Crippen LogP contribution >= 0.6 is 0 Å². The molecule has 0 saturated carbocycles. The molecule has 0 amide bonds. The summed E-state index contributed by atoms with van der Waals surface area (Å²) in [7, 11) is 0. The van der Waals surface area contributed by atoms with Crippen LogP contribution in [0.25, 0.3) is 0 Å².